The third-order valence-electron chi connectivity index (χ3n) is 2.74. The van der Waals surface area contributed by atoms with Crippen molar-refractivity contribution in [2.45, 2.75) is 52.1 Å². The van der Waals surface area contributed by atoms with E-state index >= 15 is 0 Å². The number of hydrogen-bond donors (Lipinski definition) is 1. The van der Waals surface area contributed by atoms with Crippen LogP contribution in [0.15, 0.2) is 6.07 Å². The third-order valence-corrected chi connectivity index (χ3v) is 2.74. The standard InChI is InChI=1S/C13H21N3/c1-4-7-8-9-12(14)13-10-11(5-2)15-16(13)6-3/h1,10,12H,5-9,14H2,2-3H3. The molecule has 3 nitrogen and oxygen atoms in total. The van der Waals surface area contributed by atoms with Gasteiger partial charge in [0, 0.05) is 19.0 Å². The van der Waals surface area contributed by atoms with E-state index in [-0.39, 0.29) is 6.04 Å². The zero-order valence-electron chi connectivity index (χ0n) is 10.2. The first-order valence-corrected chi connectivity index (χ1v) is 5.98. The highest BCUT2D eigenvalue weighted by molar-refractivity contribution is 5.14. The average Bonchev–Trinajstić information content (AvgIpc) is 2.72. The van der Waals surface area contributed by atoms with Crippen LogP contribution in [-0.2, 0) is 13.0 Å². The summed E-state index contributed by atoms with van der Waals surface area (Å²) in [5.74, 6) is 2.64. The van der Waals surface area contributed by atoms with E-state index in [0.29, 0.717) is 0 Å². The lowest BCUT2D eigenvalue weighted by Crippen LogP contribution is -2.15. The van der Waals surface area contributed by atoms with Crippen LogP contribution in [0.5, 0.6) is 0 Å². The van der Waals surface area contributed by atoms with E-state index in [1.807, 2.05) is 4.68 Å². The van der Waals surface area contributed by atoms with Crippen LogP contribution in [0.3, 0.4) is 0 Å². The number of rotatable bonds is 6. The molecule has 0 fully saturated rings. The van der Waals surface area contributed by atoms with Crippen molar-refractivity contribution in [1.29, 1.82) is 0 Å². The van der Waals surface area contributed by atoms with Gasteiger partial charge in [0.05, 0.1) is 11.4 Å². The zero-order chi connectivity index (χ0) is 12.0. The topological polar surface area (TPSA) is 43.8 Å². The molecule has 0 saturated carbocycles. The Morgan fingerprint density at radius 1 is 1.56 bits per heavy atom. The van der Waals surface area contributed by atoms with Crippen molar-refractivity contribution >= 4 is 0 Å². The second-order valence-corrected chi connectivity index (χ2v) is 3.93. The summed E-state index contributed by atoms with van der Waals surface area (Å²) in [4.78, 5) is 0. The van der Waals surface area contributed by atoms with Crippen molar-refractivity contribution < 1.29 is 0 Å². The van der Waals surface area contributed by atoms with E-state index in [1.54, 1.807) is 0 Å². The largest absolute Gasteiger partial charge is 0.323 e. The van der Waals surface area contributed by atoms with Crippen molar-refractivity contribution in [2.24, 2.45) is 5.73 Å². The van der Waals surface area contributed by atoms with E-state index < -0.39 is 0 Å². The molecule has 1 atom stereocenters. The molecule has 1 heterocycles. The van der Waals surface area contributed by atoms with Gasteiger partial charge < -0.3 is 5.73 Å². The summed E-state index contributed by atoms with van der Waals surface area (Å²) in [6.07, 6.45) is 8.89. The molecule has 1 aromatic heterocycles. The van der Waals surface area contributed by atoms with Gasteiger partial charge in [-0.3, -0.25) is 4.68 Å². The molecule has 0 radical (unpaired) electrons. The first-order chi connectivity index (χ1) is 7.72. The summed E-state index contributed by atoms with van der Waals surface area (Å²) in [5, 5.41) is 4.49. The van der Waals surface area contributed by atoms with Gasteiger partial charge in [-0.15, -0.1) is 12.3 Å². The Bertz CT molecular complexity index is 360. The molecule has 0 spiro atoms. The molecule has 0 amide bonds. The van der Waals surface area contributed by atoms with Gasteiger partial charge in [0.15, 0.2) is 0 Å². The Hall–Kier alpha value is -1.27. The second kappa shape index (κ2) is 6.34. The Kier molecular flexibility index (Phi) is 5.07. The first kappa shape index (κ1) is 12.8. The van der Waals surface area contributed by atoms with E-state index in [2.05, 4.69) is 30.9 Å². The molecule has 1 rings (SSSR count). The number of hydrogen-bond acceptors (Lipinski definition) is 2. The maximum absolute atomic E-state index is 6.15. The van der Waals surface area contributed by atoms with Crippen molar-refractivity contribution in [1.82, 2.24) is 9.78 Å². The number of aromatic nitrogens is 2. The van der Waals surface area contributed by atoms with Gasteiger partial charge in [0.25, 0.3) is 0 Å². The fraction of sp³-hybridized carbons (Fsp3) is 0.615. The molecule has 1 unspecified atom stereocenters. The van der Waals surface area contributed by atoms with Crippen LogP contribution >= 0.6 is 0 Å². The van der Waals surface area contributed by atoms with Crippen LogP contribution in [0.2, 0.25) is 0 Å². The summed E-state index contributed by atoms with van der Waals surface area (Å²) in [6, 6.07) is 2.17. The maximum Gasteiger partial charge on any atom is 0.0625 e. The summed E-state index contributed by atoms with van der Waals surface area (Å²) < 4.78 is 2.00. The smallest absolute Gasteiger partial charge is 0.0625 e. The predicted molar refractivity (Wildman–Crippen MR) is 66.9 cm³/mol. The fourth-order valence-corrected chi connectivity index (χ4v) is 1.78. The van der Waals surface area contributed by atoms with Gasteiger partial charge >= 0.3 is 0 Å². The predicted octanol–water partition coefficient (Wildman–Crippen LogP) is 2.27. The Morgan fingerprint density at radius 2 is 2.31 bits per heavy atom. The summed E-state index contributed by atoms with van der Waals surface area (Å²) in [5.41, 5.74) is 8.40. The summed E-state index contributed by atoms with van der Waals surface area (Å²) in [6.45, 7) is 5.07. The molecule has 0 aliphatic rings. The van der Waals surface area contributed by atoms with Crippen LogP contribution in [0, 0.1) is 12.3 Å². The van der Waals surface area contributed by atoms with Crippen LogP contribution in [0.4, 0.5) is 0 Å². The normalized spacial score (nSPS) is 12.4. The second-order valence-electron chi connectivity index (χ2n) is 3.93. The van der Waals surface area contributed by atoms with Crippen molar-refractivity contribution in [3.05, 3.63) is 17.5 Å². The van der Waals surface area contributed by atoms with Gasteiger partial charge in [-0.1, -0.05) is 6.92 Å². The SMILES string of the molecule is C#CCCCC(N)c1cc(CC)nn1CC. The van der Waals surface area contributed by atoms with E-state index in [0.717, 1.165) is 43.6 Å². The molecule has 88 valence electrons. The van der Waals surface area contributed by atoms with Gasteiger partial charge in [0.2, 0.25) is 0 Å². The highest BCUT2D eigenvalue weighted by Crippen LogP contribution is 2.18. The lowest BCUT2D eigenvalue weighted by atomic mass is 10.1. The van der Waals surface area contributed by atoms with E-state index in [1.165, 1.54) is 0 Å². The minimum atomic E-state index is 0.0566. The Morgan fingerprint density at radius 3 is 2.88 bits per heavy atom. The van der Waals surface area contributed by atoms with E-state index in [9.17, 15) is 0 Å². The van der Waals surface area contributed by atoms with Gasteiger partial charge in [-0.2, -0.15) is 5.10 Å². The molecule has 3 heteroatoms. The third kappa shape index (κ3) is 3.11. The van der Waals surface area contributed by atoms with Crippen LogP contribution in [-0.4, -0.2) is 9.78 Å². The van der Waals surface area contributed by atoms with Gasteiger partial charge in [-0.25, -0.2) is 0 Å². The number of nitrogens with two attached hydrogens (primary N) is 1. The molecular weight excluding hydrogens is 198 g/mol. The molecule has 2 N–H and O–H groups in total. The molecule has 0 bridgehead atoms. The number of terminal acetylenes is 1. The Labute approximate surface area is 98.0 Å². The lowest BCUT2D eigenvalue weighted by Gasteiger charge is -2.12. The minimum absolute atomic E-state index is 0.0566. The van der Waals surface area contributed by atoms with Gasteiger partial charge in [-0.05, 0) is 32.3 Å². The molecule has 0 aliphatic carbocycles. The molecule has 0 saturated heterocycles. The quantitative estimate of drug-likeness (QED) is 0.589. The minimum Gasteiger partial charge on any atom is -0.323 e. The van der Waals surface area contributed by atoms with Crippen LogP contribution < -0.4 is 5.73 Å². The number of aryl methyl sites for hydroxylation is 2. The van der Waals surface area contributed by atoms with Gasteiger partial charge in [0.1, 0.15) is 0 Å². The zero-order valence-corrected chi connectivity index (χ0v) is 10.2. The maximum atomic E-state index is 6.15. The molecule has 0 aromatic carbocycles. The molecule has 0 aliphatic heterocycles. The monoisotopic (exact) mass is 219 g/mol. The van der Waals surface area contributed by atoms with Crippen molar-refractivity contribution in [3.63, 3.8) is 0 Å². The number of nitrogens with zero attached hydrogens (tertiary/aromatic N) is 2. The van der Waals surface area contributed by atoms with Crippen LogP contribution in [0.25, 0.3) is 0 Å². The highest BCUT2D eigenvalue weighted by atomic mass is 15.3. The van der Waals surface area contributed by atoms with E-state index in [4.69, 9.17) is 12.2 Å². The lowest BCUT2D eigenvalue weighted by molar-refractivity contribution is 0.534. The first-order valence-electron chi connectivity index (χ1n) is 5.98. The summed E-state index contributed by atoms with van der Waals surface area (Å²) in [7, 11) is 0. The van der Waals surface area contributed by atoms with Crippen molar-refractivity contribution in [3.8, 4) is 12.3 Å². The average molecular weight is 219 g/mol. The molecule has 16 heavy (non-hydrogen) atoms. The highest BCUT2D eigenvalue weighted by Gasteiger charge is 2.12. The van der Waals surface area contributed by atoms with Crippen molar-refractivity contribution in [2.75, 3.05) is 0 Å². The van der Waals surface area contributed by atoms with Crippen LogP contribution in [0.1, 0.15) is 50.5 Å². The Balaban J connectivity index is 2.69. The number of unbranched alkanes of at least 4 members (excludes halogenated alkanes) is 1. The molecular formula is C13H21N3. The fourth-order valence-electron chi connectivity index (χ4n) is 1.78. The summed E-state index contributed by atoms with van der Waals surface area (Å²) >= 11 is 0. The molecule has 1 aromatic rings.